The second-order valence-electron chi connectivity index (χ2n) is 4.76. The molecule has 2 aliphatic heterocycles. The molecule has 0 radical (unpaired) electrons. The summed E-state index contributed by atoms with van der Waals surface area (Å²) in [6, 6.07) is 0. The van der Waals surface area contributed by atoms with Crippen molar-refractivity contribution < 1.29 is 25.6 Å². The van der Waals surface area contributed by atoms with Crippen LogP contribution < -0.4 is 0 Å². The summed E-state index contributed by atoms with van der Waals surface area (Å²) < 4.78 is 61.8. The highest BCUT2D eigenvalue weighted by atomic mass is 32.2. The summed E-state index contributed by atoms with van der Waals surface area (Å²) in [7, 11) is -8.08. The van der Waals surface area contributed by atoms with Crippen LogP contribution in [-0.2, 0) is 24.8 Å². The van der Waals surface area contributed by atoms with Crippen molar-refractivity contribution in [1.29, 1.82) is 0 Å². The van der Waals surface area contributed by atoms with Crippen molar-refractivity contribution in [3.05, 3.63) is 0 Å². The van der Waals surface area contributed by atoms with Gasteiger partial charge in [0.15, 0.2) is 0 Å². The first kappa shape index (κ1) is 15.1. The van der Waals surface area contributed by atoms with E-state index in [0.29, 0.717) is 13.1 Å². The number of rotatable bonds is 4. The standard InChI is InChI=1S/C9H18N2O6S2/c12-18(13,14)11-7-4-9(8-11)17-19(15,16)10-5-2-1-3-6-10/h9H,1-8H2,(H,12,13,14). The first-order valence-electron chi connectivity index (χ1n) is 6.20. The van der Waals surface area contributed by atoms with Gasteiger partial charge in [0.25, 0.3) is 0 Å². The molecule has 2 rings (SSSR count). The lowest BCUT2D eigenvalue weighted by molar-refractivity contribution is 0.187. The van der Waals surface area contributed by atoms with Crippen LogP contribution in [0.3, 0.4) is 0 Å². The molecule has 8 nitrogen and oxygen atoms in total. The molecule has 0 saturated carbocycles. The molecular formula is C9H18N2O6S2. The Morgan fingerprint density at radius 3 is 2.11 bits per heavy atom. The van der Waals surface area contributed by atoms with Crippen LogP contribution in [0.5, 0.6) is 0 Å². The van der Waals surface area contributed by atoms with E-state index in [1.807, 2.05) is 0 Å². The molecule has 1 N–H and O–H groups in total. The van der Waals surface area contributed by atoms with E-state index in [-0.39, 0.29) is 19.5 Å². The number of hydrogen-bond donors (Lipinski definition) is 1. The third-order valence-electron chi connectivity index (χ3n) is 3.32. The lowest BCUT2D eigenvalue weighted by Crippen LogP contribution is -2.39. The fraction of sp³-hybridized carbons (Fsp3) is 1.00. The predicted octanol–water partition coefficient (Wildman–Crippen LogP) is -0.389. The molecule has 1 unspecified atom stereocenters. The maximum Gasteiger partial charge on any atom is 0.338 e. The molecule has 0 spiro atoms. The molecule has 0 aromatic heterocycles. The molecule has 0 aromatic rings. The zero-order valence-electron chi connectivity index (χ0n) is 10.4. The van der Waals surface area contributed by atoms with Gasteiger partial charge in [-0.1, -0.05) is 6.42 Å². The van der Waals surface area contributed by atoms with Crippen molar-refractivity contribution in [2.45, 2.75) is 31.8 Å². The smallest absolute Gasteiger partial charge is 0.273 e. The zero-order chi connectivity index (χ0) is 14.1. The van der Waals surface area contributed by atoms with Crippen molar-refractivity contribution >= 4 is 20.6 Å². The van der Waals surface area contributed by atoms with Crippen LogP contribution in [-0.4, -0.2) is 62.3 Å². The molecule has 2 saturated heterocycles. The van der Waals surface area contributed by atoms with E-state index in [1.165, 1.54) is 4.31 Å². The monoisotopic (exact) mass is 314 g/mol. The van der Waals surface area contributed by atoms with Crippen molar-refractivity contribution in [3.63, 3.8) is 0 Å². The molecule has 0 amide bonds. The van der Waals surface area contributed by atoms with Gasteiger partial charge >= 0.3 is 20.6 Å². The molecule has 10 heteroatoms. The Hall–Kier alpha value is -0.260. The normalized spacial score (nSPS) is 27.7. The Balaban J connectivity index is 1.94. The minimum Gasteiger partial charge on any atom is -0.273 e. The minimum absolute atomic E-state index is 0.0685. The summed E-state index contributed by atoms with van der Waals surface area (Å²) in [5.74, 6) is 0. The minimum atomic E-state index is -4.27. The summed E-state index contributed by atoms with van der Waals surface area (Å²) in [6.45, 7) is 0.819. The Morgan fingerprint density at radius 2 is 1.58 bits per heavy atom. The number of nitrogens with zero attached hydrogens (tertiary/aromatic N) is 2. The van der Waals surface area contributed by atoms with Crippen LogP contribution in [0.25, 0.3) is 0 Å². The van der Waals surface area contributed by atoms with E-state index in [0.717, 1.165) is 23.6 Å². The van der Waals surface area contributed by atoms with Gasteiger partial charge in [-0.2, -0.15) is 25.4 Å². The van der Waals surface area contributed by atoms with Crippen molar-refractivity contribution in [2.75, 3.05) is 26.2 Å². The topological polar surface area (TPSA) is 104 Å². The second kappa shape index (κ2) is 5.62. The fourth-order valence-corrected chi connectivity index (χ4v) is 4.33. The van der Waals surface area contributed by atoms with Gasteiger partial charge in [0.2, 0.25) is 0 Å². The fourth-order valence-electron chi connectivity index (χ4n) is 2.31. The average molecular weight is 314 g/mol. The molecule has 1 atom stereocenters. The molecular weight excluding hydrogens is 296 g/mol. The van der Waals surface area contributed by atoms with Gasteiger partial charge in [-0.3, -0.25) is 8.74 Å². The average Bonchev–Trinajstić information content (AvgIpc) is 2.78. The van der Waals surface area contributed by atoms with Gasteiger partial charge in [-0.25, -0.2) is 0 Å². The van der Waals surface area contributed by atoms with Crippen molar-refractivity contribution in [2.24, 2.45) is 0 Å². The summed E-state index contributed by atoms with van der Waals surface area (Å²) in [6.07, 6.45) is 2.15. The van der Waals surface area contributed by atoms with E-state index in [1.54, 1.807) is 0 Å². The van der Waals surface area contributed by atoms with Crippen LogP contribution in [0.4, 0.5) is 0 Å². The van der Waals surface area contributed by atoms with Crippen LogP contribution in [0.2, 0.25) is 0 Å². The van der Waals surface area contributed by atoms with E-state index in [9.17, 15) is 16.8 Å². The molecule has 2 aliphatic rings. The number of hydrogen-bond acceptors (Lipinski definition) is 5. The molecule has 2 heterocycles. The van der Waals surface area contributed by atoms with Gasteiger partial charge < -0.3 is 0 Å². The number of piperidine rings is 1. The van der Waals surface area contributed by atoms with Gasteiger partial charge in [0.05, 0.1) is 6.10 Å². The van der Waals surface area contributed by atoms with E-state index in [4.69, 9.17) is 8.74 Å². The Kier molecular flexibility index (Phi) is 4.48. The van der Waals surface area contributed by atoms with Gasteiger partial charge in [-0.15, -0.1) is 0 Å². The maximum atomic E-state index is 12.0. The Bertz CT molecular complexity index is 511. The van der Waals surface area contributed by atoms with Gasteiger partial charge in [-0.05, 0) is 19.3 Å². The van der Waals surface area contributed by atoms with Crippen LogP contribution >= 0.6 is 0 Å². The molecule has 2 fully saturated rings. The molecule has 19 heavy (non-hydrogen) atoms. The second-order valence-corrected chi connectivity index (χ2v) is 7.74. The highest BCUT2D eigenvalue weighted by Gasteiger charge is 2.35. The van der Waals surface area contributed by atoms with Crippen LogP contribution in [0, 0.1) is 0 Å². The summed E-state index contributed by atoms with van der Waals surface area (Å²) in [5, 5.41) is 0. The largest absolute Gasteiger partial charge is 0.338 e. The van der Waals surface area contributed by atoms with Crippen LogP contribution in [0.15, 0.2) is 0 Å². The van der Waals surface area contributed by atoms with Crippen molar-refractivity contribution in [1.82, 2.24) is 8.61 Å². The molecule has 0 aromatic carbocycles. The predicted molar refractivity (Wildman–Crippen MR) is 67.0 cm³/mol. The van der Waals surface area contributed by atoms with Gasteiger partial charge in [0.1, 0.15) is 0 Å². The Labute approximate surface area is 113 Å². The van der Waals surface area contributed by atoms with Crippen LogP contribution in [0.1, 0.15) is 25.7 Å². The van der Waals surface area contributed by atoms with E-state index >= 15 is 0 Å². The SMILES string of the molecule is O=S(=O)(O)N1CCC(OS(=O)(=O)N2CCCCC2)C1. The molecule has 112 valence electrons. The third kappa shape index (κ3) is 3.86. The summed E-state index contributed by atoms with van der Waals surface area (Å²) >= 11 is 0. The van der Waals surface area contributed by atoms with E-state index < -0.39 is 26.7 Å². The van der Waals surface area contributed by atoms with E-state index in [2.05, 4.69) is 0 Å². The molecule has 0 aliphatic carbocycles. The van der Waals surface area contributed by atoms with Crippen molar-refractivity contribution in [3.8, 4) is 0 Å². The molecule has 0 bridgehead atoms. The summed E-state index contributed by atoms with van der Waals surface area (Å²) in [4.78, 5) is 0. The Morgan fingerprint density at radius 1 is 0.947 bits per heavy atom. The maximum absolute atomic E-state index is 12.0. The summed E-state index contributed by atoms with van der Waals surface area (Å²) in [5.41, 5.74) is 0. The highest BCUT2D eigenvalue weighted by Crippen LogP contribution is 2.21. The quantitative estimate of drug-likeness (QED) is 0.709. The third-order valence-corrected chi connectivity index (χ3v) is 5.82. The first-order chi connectivity index (χ1) is 8.79. The first-order valence-corrected chi connectivity index (χ1v) is 8.96. The highest BCUT2D eigenvalue weighted by molar-refractivity contribution is 7.84. The lowest BCUT2D eigenvalue weighted by Gasteiger charge is -2.26. The zero-order valence-corrected chi connectivity index (χ0v) is 12.1. The lowest BCUT2D eigenvalue weighted by atomic mass is 10.2. The van der Waals surface area contributed by atoms with Gasteiger partial charge in [0, 0.05) is 26.2 Å².